The molecule has 0 spiro atoms. The summed E-state index contributed by atoms with van der Waals surface area (Å²) in [5.41, 5.74) is -0.902. The first-order valence-electron chi connectivity index (χ1n) is 4.05. The molecule has 1 saturated carbocycles. The number of hydrogen-bond donors (Lipinski definition) is 0. The van der Waals surface area contributed by atoms with E-state index in [0.717, 1.165) is 25.7 Å². The van der Waals surface area contributed by atoms with E-state index < -0.39 is 5.43 Å². The summed E-state index contributed by atoms with van der Waals surface area (Å²) in [5.74, 6) is 0.0996. The van der Waals surface area contributed by atoms with Crippen molar-refractivity contribution in [2.24, 2.45) is 5.92 Å². The van der Waals surface area contributed by atoms with Crippen molar-refractivity contribution in [2.75, 3.05) is 6.61 Å². The Kier molecular flexibility index (Phi) is 3.53. The largest absolute Gasteiger partial charge is 0.446 e. The van der Waals surface area contributed by atoms with Crippen LogP contribution in [-0.4, -0.2) is 17.8 Å². The van der Waals surface area contributed by atoms with Crippen LogP contribution in [0.4, 0.5) is 4.79 Å². The van der Waals surface area contributed by atoms with Crippen LogP contribution >= 0.6 is 11.6 Å². The van der Waals surface area contributed by atoms with E-state index in [1.54, 1.807) is 0 Å². The fourth-order valence-corrected chi connectivity index (χ4v) is 1.55. The molecule has 0 aliphatic heterocycles. The summed E-state index contributed by atoms with van der Waals surface area (Å²) >= 11 is 4.92. The lowest BCUT2D eigenvalue weighted by Crippen LogP contribution is -2.17. The van der Waals surface area contributed by atoms with Crippen LogP contribution in [0.3, 0.4) is 0 Å². The highest BCUT2D eigenvalue weighted by molar-refractivity contribution is 6.61. The maximum absolute atomic E-state index is 11.2. The lowest BCUT2D eigenvalue weighted by Gasteiger charge is -2.05. The Balaban J connectivity index is 2.23. The average molecular weight is 191 g/mol. The minimum atomic E-state index is -0.902. The molecule has 0 unspecified atom stereocenters. The van der Waals surface area contributed by atoms with Crippen molar-refractivity contribution in [1.82, 2.24) is 0 Å². The minimum absolute atomic E-state index is 0.00139. The summed E-state index contributed by atoms with van der Waals surface area (Å²) in [7, 11) is 0. The third kappa shape index (κ3) is 2.81. The van der Waals surface area contributed by atoms with Gasteiger partial charge in [0, 0.05) is 17.5 Å². The highest BCUT2D eigenvalue weighted by atomic mass is 35.5. The molecule has 1 fully saturated rings. The number of Topliss-reactive ketones (excluding diaryl/α,β-unsaturated/α-hetero) is 1. The number of rotatable bonds is 3. The van der Waals surface area contributed by atoms with Crippen molar-refractivity contribution in [3.8, 4) is 0 Å². The maximum atomic E-state index is 11.2. The molecule has 0 radical (unpaired) electrons. The summed E-state index contributed by atoms with van der Waals surface area (Å²) in [6, 6.07) is 0. The van der Waals surface area contributed by atoms with Crippen molar-refractivity contribution in [3.63, 3.8) is 0 Å². The zero-order valence-electron chi connectivity index (χ0n) is 6.72. The van der Waals surface area contributed by atoms with Gasteiger partial charge >= 0.3 is 5.43 Å². The molecule has 0 aromatic heterocycles. The van der Waals surface area contributed by atoms with Gasteiger partial charge in [-0.2, -0.15) is 0 Å². The predicted octanol–water partition coefficient (Wildman–Crippen LogP) is 2.12. The first-order valence-corrected chi connectivity index (χ1v) is 4.43. The van der Waals surface area contributed by atoms with Crippen LogP contribution in [0, 0.1) is 5.92 Å². The summed E-state index contributed by atoms with van der Waals surface area (Å²) in [5, 5.41) is 0. The smallest absolute Gasteiger partial charge is 0.404 e. The summed E-state index contributed by atoms with van der Waals surface area (Å²) < 4.78 is 4.39. The standard InChI is InChI=1S/C8H11ClO3/c9-8(11)12-5-7(10)6-3-1-2-4-6/h6H,1-5H2. The van der Waals surface area contributed by atoms with Gasteiger partial charge in [-0.05, 0) is 12.8 Å². The Morgan fingerprint density at radius 3 is 2.42 bits per heavy atom. The molecule has 3 nitrogen and oxygen atoms in total. The average Bonchev–Trinajstić information content (AvgIpc) is 2.51. The molecule has 1 aliphatic carbocycles. The number of carbonyl (C=O) groups is 2. The Hall–Kier alpha value is -0.570. The molecule has 1 aliphatic rings. The van der Waals surface area contributed by atoms with Gasteiger partial charge in [0.05, 0.1) is 0 Å². The second-order valence-corrected chi connectivity index (χ2v) is 3.28. The molecule has 12 heavy (non-hydrogen) atoms. The fraction of sp³-hybridized carbons (Fsp3) is 0.750. The summed E-state index contributed by atoms with van der Waals surface area (Å²) in [4.78, 5) is 21.4. The number of carbonyl (C=O) groups excluding carboxylic acids is 2. The zero-order valence-corrected chi connectivity index (χ0v) is 7.47. The molecule has 0 heterocycles. The van der Waals surface area contributed by atoms with E-state index in [-0.39, 0.29) is 18.3 Å². The van der Waals surface area contributed by atoms with E-state index >= 15 is 0 Å². The number of halogens is 1. The zero-order chi connectivity index (χ0) is 8.97. The van der Waals surface area contributed by atoms with Crippen molar-refractivity contribution in [1.29, 1.82) is 0 Å². The van der Waals surface area contributed by atoms with E-state index in [9.17, 15) is 9.59 Å². The highest BCUT2D eigenvalue weighted by Crippen LogP contribution is 2.25. The van der Waals surface area contributed by atoms with Gasteiger partial charge < -0.3 is 4.74 Å². The number of ether oxygens (including phenoxy) is 1. The fourth-order valence-electron chi connectivity index (χ4n) is 1.49. The van der Waals surface area contributed by atoms with Crippen LogP contribution in [-0.2, 0) is 9.53 Å². The van der Waals surface area contributed by atoms with E-state index in [2.05, 4.69) is 4.74 Å². The molecule has 0 aromatic carbocycles. The molecular weight excluding hydrogens is 180 g/mol. The minimum Gasteiger partial charge on any atom is -0.446 e. The van der Waals surface area contributed by atoms with Gasteiger partial charge in [0.25, 0.3) is 0 Å². The third-order valence-electron chi connectivity index (χ3n) is 2.14. The SMILES string of the molecule is O=C(Cl)OCC(=O)C1CCCC1. The molecule has 0 atom stereocenters. The van der Waals surface area contributed by atoms with Gasteiger partial charge in [-0.15, -0.1) is 0 Å². The van der Waals surface area contributed by atoms with Gasteiger partial charge in [-0.25, -0.2) is 4.79 Å². The number of ketones is 1. The third-order valence-corrected chi connectivity index (χ3v) is 2.25. The molecule has 68 valence electrons. The molecule has 0 aromatic rings. The molecule has 1 rings (SSSR count). The molecule has 0 saturated heterocycles. The predicted molar refractivity (Wildman–Crippen MR) is 44.2 cm³/mol. The molecule has 0 bridgehead atoms. The molecule has 4 heteroatoms. The van der Waals surface area contributed by atoms with Crippen LogP contribution in [0.25, 0.3) is 0 Å². The first-order chi connectivity index (χ1) is 5.70. The summed E-state index contributed by atoms with van der Waals surface area (Å²) in [6.45, 7) is -0.160. The van der Waals surface area contributed by atoms with Crippen LogP contribution < -0.4 is 0 Å². The lowest BCUT2D eigenvalue weighted by atomic mass is 10.0. The van der Waals surface area contributed by atoms with Crippen LogP contribution in [0.1, 0.15) is 25.7 Å². The van der Waals surface area contributed by atoms with E-state index in [1.165, 1.54) is 0 Å². The van der Waals surface area contributed by atoms with Gasteiger partial charge in [0.2, 0.25) is 0 Å². The van der Waals surface area contributed by atoms with Crippen molar-refractivity contribution in [2.45, 2.75) is 25.7 Å². The van der Waals surface area contributed by atoms with Crippen LogP contribution in [0.5, 0.6) is 0 Å². The van der Waals surface area contributed by atoms with E-state index in [0.29, 0.717) is 0 Å². The highest BCUT2D eigenvalue weighted by Gasteiger charge is 2.22. The van der Waals surface area contributed by atoms with Gasteiger partial charge in [0.15, 0.2) is 12.4 Å². The topological polar surface area (TPSA) is 43.4 Å². The second-order valence-electron chi connectivity index (χ2n) is 2.97. The molecule has 0 N–H and O–H groups in total. The Morgan fingerprint density at radius 1 is 1.33 bits per heavy atom. The lowest BCUT2D eigenvalue weighted by molar-refractivity contribution is -0.125. The monoisotopic (exact) mass is 190 g/mol. The van der Waals surface area contributed by atoms with Gasteiger partial charge in [-0.1, -0.05) is 12.8 Å². The van der Waals surface area contributed by atoms with Crippen LogP contribution in [0.15, 0.2) is 0 Å². The van der Waals surface area contributed by atoms with Crippen LogP contribution in [0.2, 0.25) is 0 Å². The van der Waals surface area contributed by atoms with E-state index in [1.807, 2.05) is 0 Å². The van der Waals surface area contributed by atoms with Gasteiger partial charge in [0.1, 0.15) is 0 Å². The Bertz CT molecular complexity index is 185. The van der Waals surface area contributed by atoms with Crippen molar-refractivity contribution < 1.29 is 14.3 Å². The molecular formula is C8H11ClO3. The summed E-state index contributed by atoms with van der Waals surface area (Å²) in [6.07, 6.45) is 4.06. The first kappa shape index (κ1) is 9.52. The normalized spacial score (nSPS) is 17.8. The second kappa shape index (κ2) is 4.45. The Morgan fingerprint density at radius 2 is 1.92 bits per heavy atom. The Labute approximate surface area is 76.0 Å². The number of hydrogen-bond acceptors (Lipinski definition) is 3. The van der Waals surface area contributed by atoms with Crippen molar-refractivity contribution >= 4 is 22.8 Å². The molecule has 0 amide bonds. The van der Waals surface area contributed by atoms with Crippen molar-refractivity contribution in [3.05, 3.63) is 0 Å². The maximum Gasteiger partial charge on any atom is 0.404 e. The van der Waals surface area contributed by atoms with E-state index in [4.69, 9.17) is 11.6 Å². The van der Waals surface area contributed by atoms with Gasteiger partial charge in [-0.3, -0.25) is 4.79 Å². The quantitative estimate of drug-likeness (QED) is 0.641.